The normalized spacial score (nSPS) is 14.7. The van der Waals surface area contributed by atoms with Crippen molar-refractivity contribution in [3.05, 3.63) is 122 Å². The Kier molecular flexibility index (Phi) is 52.4. The molecule has 0 aromatic heterocycles. The van der Waals surface area contributed by atoms with Crippen molar-refractivity contribution in [1.29, 1.82) is 0 Å². The number of nitrogens with zero attached hydrogens (tertiary/aromatic N) is 1. The Hall–Kier alpha value is -3.10. The number of quaternary nitrogens is 1. The van der Waals surface area contributed by atoms with Crippen molar-refractivity contribution in [2.24, 2.45) is 0 Å². The molecule has 0 radical (unpaired) electrons. The Labute approximate surface area is 456 Å². The third-order valence-electron chi connectivity index (χ3n) is 12.7. The van der Waals surface area contributed by atoms with Crippen molar-refractivity contribution in [1.82, 2.24) is 5.32 Å². The number of carbonyl (C=O) groups excluding carboxylic acids is 1. The Morgan fingerprint density at radius 1 is 0.473 bits per heavy atom. The molecule has 0 aliphatic heterocycles. The third-order valence-corrected chi connectivity index (χ3v) is 13.7. The van der Waals surface area contributed by atoms with Gasteiger partial charge < -0.3 is 19.8 Å². The zero-order valence-electron chi connectivity index (χ0n) is 48.3. The minimum atomic E-state index is -4.32. The molecule has 74 heavy (non-hydrogen) atoms. The fraction of sp³-hybridized carbons (Fsp3) is 0.677. The molecule has 0 fully saturated rings. The smallest absolute Gasteiger partial charge is 0.391 e. The number of rotatable bonds is 53. The highest BCUT2D eigenvalue weighted by atomic mass is 31.2. The molecule has 0 aliphatic carbocycles. The van der Waals surface area contributed by atoms with Gasteiger partial charge in [-0.15, -0.1) is 0 Å². The fourth-order valence-corrected chi connectivity index (χ4v) is 8.81. The van der Waals surface area contributed by atoms with Gasteiger partial charge in [-0.3, -0.25) is 13.8 Å². The van der Waals surface area contributed by atoms with Gasteiger partial charge >= 0.3 is 7.82 Å². The van der Waals surface area contributed by atoms with Crippen LogP contribution in [0.2, 0.25) is 0 Å². The number of aliphatic hydroxyl groups is 1. The number of phosphoric ester groups is 1. The van der Waals surface area contributed by atoms with Crippen molar-refractivity contribution in [3.63, 3.8) is 0 Å². The summed E-state index contributed by atoms with van der Waals surface area (Å²) in [5.41, 5.74) is 0. The Bertz CT molecular complexity index is 1620. The Balaban J connectivity index is 4.02. The largest absolute Gasteiger partial charge is 0.472 e. The van der Waals surface area contributed by atoms with Gasteiger partial charge in [-0.05, 0) is 89.9 Å². The van der Waals surface area contributed by atoms with Crippen LogP contribution in [-0.4, -0.2) is 73.4 Å². The first-order valence-electron chi connectivity index (χ1n) is 29.9. The van der Waals surface area contributed by atoms with Gasteiger partial charge in [0.1, 0.15) is 13.2 Å². The zero-order valence-corrected chi connectivity index (χ0v) is 49.2. The van der Waals surface area contributed by atoms with E-state index in [1.807, 2.05) is 21.1 Å². The first-order valence-corrected chi connectivity index (χ1v) is 31.4. The maximum absolute atomic E-state index is 13.0. The quantitative estimate of drug-likeness (QED) is 0.0243. The maximum Gasteiger partial charge on any atom is 0.472 e. The van der Waals surface area contributed by atoms with E-state index in [-0.39, 0.29) is 19.1 Å². The summed E-state index contributed by atoms with van der Waals surface area (Å²) in [6, 6.07) is -0.769. The van der Waals surface area contributed by atoms with Crippen molar-refractivity contribution >= 4 is 13.7 Å². The second kappa shape index (κ2) is 54.7. The number of nitrogens with one attached hydrogen (secondary N) is 1. The van der Waals surface area contributed by atoms with E-state index in [4.69, 9.17) is 9.05 Å². The number of phosphoric acid groups is 1. The number of unbranched alkanes of at least 4 members (excludes halogenated alkanes) is 20. The number of carbonyl (C=O) groups is 1. The van der Waals surface area contributed by atoms with Gasteiger partial charge in [0.05, 0.1) is 39.9 Å². The Morgan fingerprint density at radius 2 is 0.811 bits per heavy atom. The molecule has 1 amide bonds. The van der Waals surface area contributed by atoms with E-state index in [2.05, 4.69) is 141 Å². The molecule has 0 heterocycles. The van der Waals surface area contributed by atoms with Gasteiger partial charge in [-0.1, -0.05) is 257 Å². The summed E-state index contributed by atoms with van der Waals surface area (Å²) < 4.78 is 23.7. The summed E-state index contributed by atoms with van der Waals surface area (Å²) in [6.45, 7) is 4.75. The van der Waals surface area contributed by atoms with Gasteiger partial charge in [0.25, 0.3) is 0 Å². The second-order valence-corrected chi connectivity index (χ2v) is 22.4. The number of amides is 1. The monoisotopic (exact) mass is 1050 g/mol. The van der Waals surface area contributed by atoms with Crippen LogP contribution in [0.3, 0.4) is 0 Å². The zero-order chi connectivity index (χ0) is 54.2. The van der Waals surface area contributed by atoms with Crippen LogP contribution in [-0.2, 0) is 18.4 Å². The average molecular weight is 1050 g/mol. The predicted molar refractivity (Wildman–Crippen MR) is 322 cm³/mol. The highest BCUT2D eigenvalue weighted by molar-refractivity contribution is 7.47. The van der Waals surface area contributed by atoms with E-state index < -0.39 is 20.0 Å². The van der Waals surface area contributed by atoms with Gasteiger partial charge in [-0.2, -0.15) is 0 Å². The number of hydrogen-bond donors (Lipinski definition) is 3. The maximum atomic E-state index is 13.0. The molecule has 0 rings (SSSR count). The lowest BCUT2D eigenvalue weighted by Gasteiger charge is -2.26. The van der Waals surface area contributed by atoms with E-state index in [0.29, 0.717) is 23.9 Å². The van der Waals surface area contributed by atoms with E-state index in [1.54, 1.807) is 0 Å². The molecule has 0 aromatic rings. The van der Waals surface area contributed by atoms with Gasteiger partial charge in [0, 0.05) is 6.42 Å². The summed E-state index contributed by atoms with van der Waals surface area (Å²) in [5.74, 6) is -0.155. The van der Waals surface area contributed by atoms with Gasteiger partial charge in [-0.25, -0.2) is 4.57 Å². The lowest BCUT2D eigenvalue weighted by atomic mass is 10.0. The minimum absolute atomic E-state index is 0.0688. The van der Waals surface area contributed by atoms with E-state index in [1.165, 1.54) is 96.3 Å². The molecular formula is C65H114N2O6P+. The molecule has 3 N–H and O–H groups in total. The van der Waals surface area contributed by atoms with Crippen LogP contribution in [0.25, 0.3) is 0 Å². The first kappa shape index (κ1) is 70.9. The fourth-order valence-electron chi connectivity index (χ4n) is 8.07. The molecule has 3 atom stereocenters. The van der Waals surface area contributed by atoms with Gasteiger partial charge in [0.15, 0.2) is 0 Å². The number of aliphatic hydroxyl groups excluding tert-OH is 1. The molecule has 424 valence electrons. The van der Waals surface area contributed by atoms with Crippen molar-refractivity contribution in [3.8, 4) is 0 Å². The number of hydrogen-bond acceptors (Lipinski definition) is 5. The van der Waals surface area contributed by atoms with Crippen molar-refractivity contribution in [2.75, 3.05) is 40.9 Å². The summed E-state index contributed by atoms with van der Waals surface area (Å²) in [6.07, 6.45) is 81.3. The summed E-state index contributed by atoms with van der Waals surface area (Å²) in [4.78, 5) is 23.3. The average Bonchev–Trinajstić information content (AvgIpc) is 3.36. The van der Waals surface area contributed by atoms with E-state index in [0.717, 1.165) is 109 Å². The van der Waals surface area contributed by atoms with Crippen LogP contribution in [0.4, 0.5) is 0 Å². The van der Waals surface area contributed by atoms with Crippen LogP contribution in [0.15, 0.2) is 122 Å². The molecule has 0 aliphatic rings. The molecule has 8 nitrogen and oxygen atoms in total. The van der Waals surface area contributed by atoms with E-state index in [9.17, 15) is 19.4 Å². The summed E-state index contributed by atoms with van der Waals surface area (Å²) in [5, 5.41) is 14.0. The van der Waals surface area contributed by atoms with Crippen LogP contribution >= 0.6 is 7.82 Å². The van der Waals surface area contributed by atoms with Crippen molar-refractivity contribution < 1.29 is 32.9 Å². The molecular weight excluding hydrogens is 936 g/mol. The van der Waals surface area contributed by atoms with E-state index >= 15 is 0 Å². The van der Waals surface area contributed by atoms with Crippen molar-refractivity contribution in [2.45, 2.75) is 244 Å². The Morgan fingerprint density at radius 3 is 1.19 bits per heavy atom. The lowest BCUT2D eigenvalue weighted by Crippen LogP contribution is -2.46. The second-order valence-electron chi connectivity index (χ2n) is 21.0. The SMILES string of the molecule is CC/C=C\C/C=C\C/C=C\C/C=C\C/C=C\C/C=C\C/C=C\C/C=C\C/C=C\C/C=C\CCCCCCCCCCCCC(=O)NC(COP(=O)(O)OCC[N+](C)(C)C)C(O)CCCCCCCCCCCCC. The highest BCUT2D eigenvalue weighted by Gasteiger charge is 2.28. The predicted octanol–water partition coefficient (Wildman–Crippen LogP) is 18.5. The third kappa shape index (κ3) is 56.6. The molecule has 0 saturated carbocycles. The number of likely N-dealkylation sites (N-methyl/N-ethyl adjacent to an activating group) is 1. The summed E-state index contributed by atoms with van der Waals surface area (Å²) in [7, 11) is 1.60. The standard InChI is InChI=1S/C65H113N2O6P/c1-6-8-10-12-14-16-18-19-20-21-22-23-24-25-26-27-28-29-30-31-32-33-34-35-36-37-38-39-40-41-42-43-44-45-46-47-49-51-53-55-57-59-65(69)66-63(62-73-74(70,71)72-61-60-67(3,4)5)64(68)58-56-54-52-50-48-17-15-13-11-9-7-2/h8,10,14,16,19-20,22-23,25-26,28-29,31-32,34-35,37-38,40-41,63-64,68H,6-7,9,11-13,15,17-18,21,24,27,30,33,36,39,42-62H2,1-5H3,(H-,66,69,70,71)/p+1/b10-8-,16-14-,20-19-,23-22-,26-25-,29-28-,32-31-,35-34-,38-37-,41-40-. The highest BCUT2D eigenvalue weighted by Crippen LogP contribution is 2.43. The topological polar surface area (TPSA) is 105 Å². The lowest BCUT2D eigenvalue weighted by molar-refractivity contribution is -0.870. The number of allylic oxidation sites excluding steroid dienone is 20. The van der Waals surface area contributed by atoms with Crippen LogP contribution in [0, 0.1) is 0 Å². The summed E-state index contributed by atoms with van der Waals surface area (Å²) >= 11 is 0. The molecule has 0 bridgehead atoms. The molecule has 3 unspecified atom stereocenters. The molecule has 0 spiro atoms. The first-order chi connectivity index (χ1) is 36.0. The van der Waals surface area contributed by atoms with Crippen LogP contribution in [0.1, 0.15) is 232 Å². The minimum Gasteiger partial charge on any atom is -0.391 e. The van der Waals surface area contributed by atoms with Crippen LogP contribution < -0.4 is 5.32 Å². The molecule has 0 aromatic carbocycles. The van der Waals surface area contributed by atoms with Crippen LogP contribution in [0.5, 0.6) is 0 Å². The molecule has 0 saturated heterocycles. The van der Waals surface area contributed by atoms with Gasteiger partial charge in [0.2, 0.25) is 5.91 Å². The molecule has 9 heteroatoms.